The van der Waals surface area contributed by atoms with Crippen LogP contribution in [0.15, 0.2) is 79.1 Å². The molecular formula is C20H17Cl2N3. The maximum Gasteiger partial charge on any atom is 0.138 e. The average Bonchev–Trinajstić information content (AvgIpc) is 3.00. The SMILES string of the molecule is C(=C\c1nc2ccccc2n1-c1ccccc1)/c1cccnc1.Cl.Cl. The van der Waals surface area contributed by atoms with Crippen molar-refractivity contribution < 1.29 is 0 Å². The molecule has 5 heteroatoms. The van der Waals surface area contributed by atoms with Crippen molar-refractivity contribution in [1.29, 1.82) is 0 Å². The molecule has 2 aromatic heterocycles. The van der Waals surface area contributed by atoms with Crippen LogP contribution in [0.1, 0.15) is 11.4 Å². The zero-order chi connectivity index (χ0) is 15.5. The number of benzene rings is 2. The normalized spacial score (nSPS) is 10.4. The highest BCUT2D eigenvalue weighted by molar-refractivity contribution is 5.85. The number of imidazole rings is 1. The molecule has 0 saturated heterocycles. The van der Waals surface area contributed by atoms with Gasteiger partial charge in [0.1, 0.15) is 5.82 Å². The first-order valence-corrected chi connectivity index (χ1v) is 7.53. The fourth-order valence-electron chi connectivity index (χ4n) is 2.65. The van der Waals surface area contributed by atoms with Gasteiger partial charge in [0.25, 0.3) is 0 Å². The van der Waals surface area contributed by atoms with Crippen LogP contribution < -0.4 is 0 Å². The third kappa shape index (κ3) is 3.90. The lowest BCUT2D eigenvalue weighted by molar-refractivity contribution is 1.07. The van der Waals surface area contributed by atoms with Gasteiger partial charge in [-0.05, 0) is 48.0 Å². The van der Waals surface area contributed by atoms with Crippen molar-refractivity contribution in [2.75, 3.05) is 0 Å². The van der Waals surface area contributed by atoms with Crippen molar-refractivity contribution in [2.24, 2.45) is 0 Å². The molecule has 0 amide bonds. The van der Waals surface area contributed by atoms with Crippen LogP contribution in [0.5, 0.6) is 0 Å². The van der Waals surface area contributed by atoms with Gasteiger partial charge >= 0.3 is 0 Å². The lowest BCUT2D eigenvalue weighted by atomic mass is 10.2. The molecule has 0 spiro atoms. The molecule has 4 rings (SSSR count). The molecular weight excluding hydrogens is 353 g/mol. The van der Waals surface area contributed by atoms with E-state index in [1.807, 2.05) is 66.9 Å². The van der Waals surface area contributed by atoms with Crippen molar-refractivity contribution in [3.8, 4) is 5.69 Å². The van der Waals surface area contributed by atoms with Gasteiger partial charge in [-0.3, -0.25) is 9.55 Å². The Morgan fingerprint density at radius 3 is 2.28 bits per heavy atom. The molecule has 126 valence electrons. The number of pyridine rings is 1. The molecule has 25 heavy (non-hydrogen) atoms. The van der Waals surface area contributed by atoms with E-state index in [1.54, 1.807) is 6.20 Å². The summed E-state index contributed by atoms with van der Waals surface area (Å²) in [6, 6.07) is 22.4. The highest BCUT2D eigenvalue weighted by Crippen LogP contribution is 2.22. The lowest BCUT2D eigenvalue weighted by Gasteiger charge is -2.06. The van der Waals surface area contributed by atoms with Crippen molar-refractivity contribution in [1.82, 2.24) is 14.5 Å². The topological polar surface area (TPSA) is 30.7 Å². The number of fused-ring (bicyclic) bond motifs is 1. The van der Waals surface area contributed by atoms with Crippen LogP contribution >= 0.6 is 24.8 Å². The predicted molar refractivity (Wildman–Crippen MR) is 109 cm³/mol. The first-order chi connectivity index (χ1) is 11.4. The number of rotatable bonds is 3. The molecule has 2 heterocycles. The molecule has 0 atom stereocenters. The zero-order valence-corrected chi connectivity index (χ0v) is 15.0. The number of aromatic nitrogens is 3. The highest BCUT2D eigenvalue weighted by Gasteiger charge is 2.09. The van der Waals surface area contributed by atoms with E-state index < -0.39 is 0 Å². The molecule has 0 saturated carbocycles. The van der Waals surface area contributed by atoms with Crippen LogP contribution in [-0.2, 0) is 0 Å². The van der Waals surface area contributed by atoms with Gasteiger partial charge in [0.05, 0.1) is 11.0 Å². The van der Waals surface area contributed by atoms with Gasteiger partial charge in [0.15, 0.2) is 0 Å². The molecule has 0 aliphatic rings. The monoisotopic (exact) mass is 369 g/mol. The van der Waals surface area contributed by atoms with Crippen LogP contribution in [0.4, 0.5) is 0 Å². The maximum atomic E-state index is 4.76. The van der Waals surface area contributed by atoms with Crippen molar-refractivity contribution in [3.63, 3.8) is 0 Å². The van der Waals surface area contributed by atoms with Gasteiger partial charge in [-0.25, -0.2) is 4.98 Å². The van der Waals surface area contributed by atoms with Crippen molar-refractivity contribution in [2.45, 2.75) is 0 Å². The third-order valence-corrected chi connectivity index (χ3v) is 3.71. The van der Waals surface area contributed by atoms with E-state index in [2.05, 4.69) is 27.8 Å². The molecule has 4 aromatic rings. The van der Waals surface area contributed by atoms with Crippen molar-refractivity contribution >= 4 is 48.0 Å². The van der Waals surface area contributed by atoms with Crippen LogP contribution in [0.2, 0.25) is 0 Å². The largest absolute Gasteiger partial charge is 0.293 e. The third-order valence-electron chi connectivity index (χ3n) is 3.71. The number of para-hydroxylation sites is 3. The van der Waals surface area contributed by atoms with Crippen LogP contribution in [-0.4, -0.2) is 14.5 Å². The molecule has 0 unspecified atom stereocenters. The smallest absolute Gasteiger partial charge is 0.138 e. The Labute approximate surface area is 158 Å². The summed E-state index contributed by atoms with van der Waals surface area (Å²) < 4.78 is 2.17. The summed E-state index contributed by atoms with van der Waals surface area (Å²) >= 11 is 0. The summed E-state index contributed by atoms with van der Waals surface area (Å²) in [6.07, 6.45) is 7.68. The summed E-state index contributed by atoms with van der Waals surface area (Å²) in [5, 5.41) is 0. The van der Waals surface area contributed by atoms with E-state index in [4.69, 9.17) is 4.98 Å². The van der Waals surface area contributed by atoms with Gasteiger partial charge in [-0.2, -0.15) is 0 Å². The Balaban J connectivity index is 0.00000113. The molecule has 3 nitrogen and oxygen atoms in total. The molecule has 0 aliphatic carbocycles. The fourth-order valence-corrected chi connectivity index (χ4v) is 2.65. The average molecular weight is 370 g/mol. The maximum absolute atomic E-state index is 4.76. The molecule has 0 fully saturated rings. The second kappa shape index (κ2) is 8.47. The highest BCUT2D eigenvalue weighted by atomic mass is 35.5. The summed E-state index contributed by atoms with van der Waals surface area (Å²) in [6.45, 7) is 0. The van der Waals surface area contributed by atoms with Crippen LogP contribution in [0, 0.1) is 0 Å². The van der Waals surface area contributed by atoms with E-state index in [1.165, 1.54) is 0 Å². The molecule has 0 aliphatic heterocycles. The first kappa shape index (κ1) is 18.7. The van der Waals surface area contributed by atoms with E-state index in [0.29, 0.717) is 0 Å². The first-order valence-electron chi connectivity index (χ1n) is 7.53. The zero-order valence-electron chi connectivity index (χ0n) is 13.3. The second-order valence-corrected chi connectivity index (χ2v) is 5.25. The summed E-state index contributed by atoms with van der Waals surface area (Å²) in [5.74, 6) is 0.904. The van der Waals surface area contributed by atoms with Crippen LogP contribution in [0.3, 0.4) is 0 Å². The van der Waals surface area contributed by atoms with Gasteiger partial charge in [0, 0.05) is 18.1 Å². The van der Waals surface area contributed by atoms with Gasteiger partial charge in [0.2, 0.25) is 0 Å². The summed E-state index contributed by atoms with van der Waals surface area (Å²) in [7, 11) is 0. The minimum atomic E-state index is 0. The fraction of sp³-hybridized carbons (Fsp3) is 0. The molecule has 2 aromatic carbocycles. The van der Waals surface area contributed by atoms with E-state index >= 15 is 0 Å². The Morgan fingerprint density at radius 2 is 1.52 bits per heavy atom. The summed E-state index contributed by atoms with van der Waals surface area (Å²) in [4.78, 5) is 8.90. The number of nitrogens with zero attached hydrogens (tertiary/aromatic N) is 3. The molecule has 0 bridgehead atoms. The number of hydrogen-bond donors (Lipinski definition) is 0. The number of halogens is 2. The van der Waals surface area contributed by atoms with Gasteiger partial charge in [-0.15, -0.1) is 24.8 Å². The molecule has 0 radical (unpaired) electrons. The second-order valence-electron chi connectivity index (χ2n) is 5.25. The Morgan fingerprint density at radius 1 is 0.760 bits per heavy atom. The van der Waals surface area contributed by atoms with E-state index in [-0.39, 0.29) is 24.8 Å². The molecule has 0 N–H and O–H groups in total. The number of hydrogen-bond acceptors (Lipinski definition) is 2. The summed E-state index contributed by atoms with van der Waals surface area (Å²) in [5.41, 5.74) is 4.25. The standard InChI is InChI=1S/C20H15N3.2ClH/c1-2-8-17(9-3-1)23-19-11-5-4-10-18(19)22-20(23)13-12-16-7-6-14-21-15-16;;/h1-15H;2*1H/b13-12+;;. The van der Waals surface area contributed by atoms with Gasteiger partial charge < -0.3 is 0 Å². The van der Waals surface area contributed by atoms with Gasteiger partial charge in [-0.1, -0.05) is 36.4 Å². The minimum absolute atomic E-state index is 0. The predicted octanol–water partition coefficient (Wildman–Crippen LogP) is 5.43. The van der Waals surface area contributed by atoms with E-state index in [9.17, 15) is 0 Å². The Kier molecular flexibility index (Phi) is 6.34. The van der Waals surface area contributed by atoms with Crippen LogP contribution in [0.25, 0.3) is 28.9 Å². The Bertz CT molecular complexity index is 964. The lowest BCUT2D eigenvalue weighted by Crippen LogP contribution is -1.96. The minimum Gasteiger partial charge on any atom is -0.293 e. The van der Waals surface area contributed by atoms with E-state index in [0.717, 1.165) is 28.1 Å². The van der Waals surface area contributed by atoms with Crippen molar-refractivity contribution in [3.05, 3.63) is 90.5 Å². The Hall–Kier alpha value is -2.62. The quantitative estimate of drug-likeness (QED) is 0.481.